The Morgan fingerprint density at radius 1 is 1.78 bits per heavy atom. The predicted octanol–water partition coefficient (Wildman–Crippen LogP) is 1.04. The molecule has 0 aliphatic carbocycles. The minimum atomic E-state index is -0.974. The molecule has 0 bridgehead atoms. The molecule has 0 aromatic rings. The first kappa shape index (κ1) is 7.77. The summed E-state index contributed by atoms with van der Waals surface area (Å²) in [6.45, 7) is 4.95. The van der Waals surface area contributed by atoms with Gasteiger partial charge >= 0.3 is 5.97 Å². The zero-order chi connectivity index (χ0) is 7.28. The molecule has 0 aromatic carbocycles. The maximum atomic E-state index is 10.0. The molecule has 0 amide bonds. The van der Waals surface area contributed by atoms with Crippen LogP contribution in [0.15, 0.2) is 12.2 Å². The van der Waals surface area contributed by atoms with Crippen LogP contribution in [0.2, 0.25) is 0 Å². The SMILES string of the molecule is C=C(CC#CC)C(=O)O. The molecule has 2 heteroatoms. The van der Waals surface area contributed by atoms with E-state index < -0.39 is 5.97 Å². The molecule has 0 aliphatic rings. The number of hydrogen-bond acceptors (Lipinski definition) is 1. The normalized spacial score (nSPS) is 7.22. The summed E-state index contributed by atoms with van der Waals surface area (Å²) in [4.78, 5) is 10.0. The van der Waals surface area contributed by atoms with Gasteiger partial charge in [0.15, 0.2) is 0 Å². The monoisotopic (exact) mass is 124 g/mol. The molecule has 0 heterocycles. The van der Waals surface area contributed by atoms with E-state index in [1.54, 1.807) is 6.92 Å². The predicted molar refractivity (Wildman–Crippen MR) is 34.8 cm³/mol. The molecule has 2 nitrogen and oxygen atoms in total. The zero-order valence-corrected chi connectivity index (χ0v) is 5.27. The number of aliphatic carboxylic acids is 1. The Labute approximate surface area is 54.2 Å². The van der Waals surface area contributed by atoms with Gasteiger partial charge in [-0.3, -0.25) is 0 Å². The topological polar surface area (TPSA) is 37.3 Å². The first-order chi connectivity index (χ1) is 4.18. The number of hydrogen-bond donors (Lipinski definition) is 1. The van der Waals surface area contributed by atoms with Crippen molar-refractivity contribution in [1.82, 2.24) is 0 Å². The van der Waals surface area contributed by atoms with Gasteiger partial charge in [0, 0.05) is 12.0 Å². The summed E-state index contributed by atoms with van der Waals surface area (Å²) in [6, 6.07) is 0. The summed E-state index contributed by atoms with van der Waals surface area (Å²) >= 11 is 0. The summed E-state index contributed by atoms with van der Waals surface area (Å²) in [5.41, 5.74) is 0.143. The number of carboxylic acids is 1. The minimum Gasteiger partial charge on any atom is -0.478 e. The van der Waals surface area contributed by atoms with E-state index in [0.717, 1.165) is 0 Å². The minimum absolute atomic E-state index is 0.143. The van der Waals surface area contributed by atoms with Crippen LogP contribution in [0.4, 0.5) is 0 Å². The second-order valence-electron chi connectivity index (χ2n) is 1.51. The van der Waals surface area contributed by atoms with Crippen molar-refractivity contribution in [3.8, 4) is 11.8 Å². The maximum absolute atomic E-state index is 10.0. The van der Waals surface area contributed by atoms with Crippen LogP contribution in [-0.4, -0.2) is 11.1 Å². The summed E-state index contributed by atoms with van der Waals surface area (Å²) in [7, 11) is 0. The molecule has 0 radical (unpaired) electrons. The second-order valence-corrected chi connectivity index (χ2v) is 1.51. The maximum Gasteiger partial charge on any atom is 0.331 e. The van der Waals surface area contributed by atoms with Crippen LogP contribution in [0.3, 0.4) is 0 Å². The van der Waals surface area contributed by atoms with Crippen LogP contribution in [0, 0.1) is 11.8 Å². The third kappa shape index (κ3) is 3.36. The summed E-state index contributed by atoms with van der Waals surface area (Å²) in [5.74, 6) is 4.20. The summed E-state index contributed by atoms with van der Waals surface area (Å²) in [5, 5.41) is 8.24. The lowest BCUT2D eigenvalue weighted by molar-refractivity contribution is -0.132. The highest BCUT2D eigenvalue weighted by molar-refractivity contribution is 5.86. The Morgan fingerprint density at radius 2 is 2.33 bits per heavy atom. The van der Waals surface area contributed by atoms with Gasteiger partial charge in [0.1, 0.15) is 0 Å². The Kier molecular flexibility index (Phi) is 3.22. The van der Waals surface area contributed by atoms with E-state index >= 15 is 0 Å². The Morgan fingerprint density at radius 3 is 2.67 bits per heavy atom. The zero-order valence-electron chi connectivity index (χ0n) is 5.27. The fraction of sp³-hybridized carbons (Fsp3) is 0.286. The summed E-state index contributed by atoms with van der Waals surface area (Å²) < 4.78 is 0. The largest absolute Gasteiger partial charge is 0.478 e. The molecule has 0 unspecified atom stereocenters. The van der Waals surface area contributed by atoms with Gasteiger partial charge in [-0.15, -0.1) is 5.92 Å². The molecule has 0 aromatic heterocycles. The van der Waals surface area contributed by atoms with Crippen LogP contribution in [0.5, 0.6) is 0 Å². The van der Waals surface area contributed by atoms with E-state index in [1.807, 2.05) is 0 Å². The molecule has 48 valence electrons. The Balaban J connectivity index is 3.74. The van der Waals surface area contributed by atoms with Gasteiger partial charge in [0.25, 0.3) is 0 Å². The van der Waals surface area contributed by atoms with E-state index in [-0.39, 0.29) is 12.0 Å². The molecule has 0 aliphatic heterocycles. The van der Waals surface area contributed by atoms with Gasteiger partial charge in [-0.1, -0.05) is 12.5 Å². The molecule has 0 rings (SSSR count). The molecule has 0 saturated carbocycles. The van der Waals surface area contributed by atoms with Gasteiger partial charge in [0.2, 0.25) is 0 Å². The molecular weight excluding hydrogens is 116 g/mol. The number of carboxylic acid groups (broad SMARTS) is 1. The van der Waals surface area contributed by atoms with Gasteiger partial charge in [-0.25, -0.2) is 4.79 Å². The lowest BCUT2D eigenvalue weighted by Crippen LogP contribution is -1.96. The van der Waals surface area contributed by atoms with Crippen LogP contribution < -0.4 is 0 Å². The highest BCUT2D eigenvalue weighted by Crippen LogP contribution is 1.94. The van der Waals surface area contributed by atoms with Crippen molar-refractivity contribution >= 4 is 5.97 Å². The quantitative estimate of drug-likeness (QED) is 0.441. The highest BCUT2D eigenvalue weighted by atomic mass is 16.4. The third-order valence-electron chi connectivity index (χ3n) is 0.781. The molecule has 0 atom stereocenters. The first-order valence-electron chi connectivity index (χ1n) is 2.49. The van der Waals surface area contributed by atoms with Crippen molar-refractivity contribution in [1.29, 1.82) is 0 Å². The fourth-order valence-corrected chi connectivity index (χ4v) is 0.271. The van der Waals surface area contributed by atoms with Crippen molar-refractivity contribution in [2.75, 3.05) is 0 Å². The molecule has 0 spiro atoms. The van der Waals surface area contributed by atoms with Crippen molar-refractivity contribution < 1.29 is 9.90 Å². The van der Waals surface area contributed by atoms with Crippen molar-refractivity contribution in [3.63, 3.8) is 0 Å². The number of rotatable bonds is 2. The van der Waals surface area contributed by atoms with E-state index in [2.05, 4.69) is 18.4 Å². The lowest BCUT2D eigenvalue weighted by Gasteiger charge is -1.88. The van der Waals surface area contributed by atoms with Crippen molar-refractivity contribution in [2.45, 2.75) is 13.3 Å². The standard InChI is InChI=1S/C7H8O2/c1-3-4-5-6(2)7(8)9/h2,5H2,1H3,(H,8,9). The number of carbonyl (C=O) groups is 1. The van der Waals surface area contributed by atoms with E-state index in [4.69, 9.17) is 5.11 Å². The van der Waals surface area contributed by atoms with Crippen LogP contribution in [0.1, 0.15) is 13.3 Å². The van der Waals surface area contributed by atoms with Gasteiger partial charge < -0.3 is 5.11 Å². The Hall–Kier alpha value is -1.23. The smallest absolute Gasteiger partial charge is 0.331 e. The van der Waals surface area contributed by atoms with E-state index in [1.165, 1.54) is 0 Å². The van der Waals surface area contributed by atoms with Gasteiger partial charge in [-0.05, 0) is 6.92 Å². The molecule has 0 saturated heterocycles. The third-order valence-corrected chi connectivity index (χ3v) is 0.781. The van der Waals surface area contributed by atoms with Gasteiger partial charge in [0.05, 0.1) is 0 Å². The second kappa shape index (κ2) is 3.73. The summed E-state index contributed by atoms with van der Waals surface area (Å²) in [6.07, 6.45) is 0.256. The van der Waals surface area contributed by atoms with Gasteiger partial charge in [-0.2, -0.15) is 0 Å². The molecule has 1 N–H and O–H groups in total. The Bertz CT molecular complexity index is 181. The van der Waals surface area contributed by atoms with Crippen LogP contribution in [0.25, 0.3) is 0 Å². The van der Waals surface area contributed by atoms with Crippen molar-refractivity contribution in [2.24, 2.45) is 0 Å². The molecular formula is C7H8O2. The average molecular weight is 124 g/mol. The van der Waals surface area contributed by atoms with Crippen LogP contribution in [-0.2, 0) is 4.79 Å². The van der Waals surface area contributed by atoms with Crippen molar-refractivity contribution in [3.05, 3.63) is 12.2 Å². The molecule has 0 fully saturated rings. The lowest BCUT2D eigenvalue weighted by atomic mass is 10.2. The molecule has 9 heavy (non-hydrogen) atoms. The first-order valence-corrected chi connectivity index (χ1v) is 2.49. The van der Waals surface area contributed by atoms with Crippen LogP contribution >= 0.6 is 0 Å². The van der Waals surface area contributed by atoms with E-state index in [9.17, 15) is 4.79 Å². The average Bonchev–Trinajstić information content (AvgIpc) is 1.82. The van der Waals surface area contributed by atoms with E-state index in [0.29, 0.717) is 0 Å². The fourth-order valence-electron chi connectivity index (χ4n) is 0.271. The highest BCUT2D eigenvalue weighted by Gasteiger charge is 1.98.